The van der Waals surface area contributed by atoms with Crippen LogP contribution in [0.4, 0.5) is 4.39 Å². The number of nitrogens with zero attached hydrogens (tertiary/aromatic N) is 2. The largest absolute Gasteiger partial charge is 0.393 e. The molecule has 0 bridgehead atoms. The summed E-state index contributed by atoms with van der Waals surface area (Å²) in [6.45, 7) is 1.40. The summed E-state index contributed by atoms with van der Waals surface area (Å²) >= 11 is 0. The molecule has 1 aliphatic rings. The lowest BCUT2D eigenvalue weighted by Crippen LogP contribution is -2.41. The van der Waals surface area contributed by atoms with Crippen molar-refractivity contribution in [2.45, 2.75) is 31.9 Å². The van der Waals surface area contributed by atoms with Crippen molar-refractivity contribution in [1.82, 2.24) is 10.2 Å². The summed E-state index contributed by atoms with van der Waals surface area (Å²) in [6, 6.07) is 6.49. The number of nitrogens with one attached hydrogen (secondary N) is 1. The molecule has 1 aromatic rings. The Labute approximate surface area is 125 Å². The van der Waals surface area contributed by atoms with E-state index in [0.29, 0.717) is 12.5 Å². The van der Waals surface area contributed by atoms with Gasteiger partial charge in [0.25, 0.3) is 0 Å². The van der Waals surface area contributed by atoms with Crippen LogP contribution in [0.3, 0.4) is 0 Å². The van der Waals surface area contributed by atoms with Gasteiger partial charge in [-0.15, -0.1) is 0 Å². The maximum atomic E-state index is 12.9. The number of hydrogen-bond donors (Lipinski definition) is 2. The maximum Gasteiger partial charge on any atom is 0.193 e. The Morgan fingerprint density at radius 3 is 2.67 bits per heavy atom. The standard InChI is InChI=1S/C16H24FN3O/c1-18-16(19-10-13-4-3-5-15(13)21)20(2)11-12-6-8-14(17)9-7-12/h6-9,13,15,21H,3-5,10-11H2,1-2H3,(H,18,19). The van der Waals surface area contributed by atoms with Crippen molar-refractivity contribution < 1.29 is 9.50 Å². The van der Waals surface area contributed by atoms with Gasteiger partial charge in [0.2, 0.25) is 0 Å². The first-order chi connectivity index (χ1) is 10.1. The van der Waals surface area contributed by atoms with Crippen LogP contribution in [0, 0.1) is 11.7 Å². The van der Waals surface area contributed by atoms with E-state index in [4.69, 9.17) is 0 Å². The molecule has 21 heavy (non-hydrogen) atoms. The zero-order valence-electron chi connectivity index (χ0n) is 12.7. The highest BCUT2D eigenvalue weighted by Gasteiger charge is 2.25. The molecule has 0 aliphatic heterocycles. The first-order valence-electron chi connectivity index (χ1n) is 7.44. The van der Waals surface area contributed by atoms with Crippen LogP contribution in [0.2, 0.25) is 0 Å². The normalized spacial score (nSPS) is 22.4. The van der Waals surface area contributed by atoms with Crippen molar-refractivity contribution in [2.75, 3.05) is 20.6 Å². The highest BCUT2D eigenvalue weighted by Crippen LogP contribution is 2.24. The van der Waals surface area contributed by atoms with Gasteiger partial charge >= 0.3 is 0 Å². The summed E-state index contributed by atoms with van der Waals surface area (Å²) in [5.41, 5.74) is 1.03. The van der Waals surface area contributed by atoms with Crippen molar-refractivity contribution in [3.05, 3.63) is 35.6 Å². The van der Waals surface area contributed by atoms with Crippen molar-refractivity contribution >= 4 is 5.96 Å². The topological polar surface area (TPSA) is 47.9 Å². The Kier molecular flexibility index (Phi) is 5.56. The minimum absolute atomic E-state index is 0.196. The molecule has 2 atom stereocenters. The second kappa shape index (κ2) is 7.41. The molecular weight excluding hydrogens is 269 g/mol. The minimum atomic E-state index is -0.223. The highest BCUT2D eigenvalue weighted by molar-refractivity contribution is 5.79. The molecule has 0 amide bonds. The zero-order chi connectivity index (χ0) is 15.2. The Bertz CT molecular complexity index is 475. The molecule has 1 fully saturated rings. The molecule has 5 heteroatoms. The number of aliphatic hydroxyl groups is 1. The van der Waals surface area contributed by atoms with E-state index in [-0.39, 0.29) is 11.9 Å². The van der Waals surface area contributed by atoms with Crippen LogP contribution in [0.15, 0.2) is 29.3 Å². The molecule has 2 unspecified atom stereocenters. The number of benzene rings is 1. The number of rotatable bonds is 4. The maximum absolute atomic E-state index is 12.9. The Balaban J connectivity index is 1.86. The summed E-state index contributed by atoms with van der Waals surface area (Å²) in [5.74, 6) is 0.874. The Morgan fingerprint density at radius 1 is 1.38 bits per heavy atom. The fraction of sp³-hybridized carbons (Fsp3) is 0.562. The van der Waals surface area contributed by atoms with E-state index >= 15 is 0 Å². The van der Waals surface area contributed by atoms with Gasteiger partial charge in [-0.2, -0.15) is 0 Å². The molecule has 0 saturated heterocycles. The van der Waals surface area contributed by atoms with Crippen LogP contribution in [0.25, 0.3) is 0 Å². The minimum Gasteiger partial charge on any atom is -0.393 e. The van der Waals surface area contributed by atoms with Gasteiger partial charge in [-0.25, -0.2) is 4.39 Å². The van der Waals surface area contributed by atoms with Gasteiger partial charge < -0.3 is 15.3 Å². The van der Waals surface area contributed by atoms with Crippen LogP contribution in [-0.2, 0) is 6.54 Å². The second-order valence-corrected chi connectivity index (χ2v) is 5.67. The van der Waals surface area contributed by atoms with Gasteiger partial charge in [-0.1, -0.05) is 18.6 Å². The van der Waals surface area contributed by atoms with E-state index < -0.39 is 0 Å². The van der Waals surface area contributed by atoms with Crippen molar-refractivity contribution in [3.8, 4) is 0 Å². The predicted octanol–water partition coefficient (Wildman–Crippen LogP) is 1.99. The summed E-state index contributed by atoms with van der Waals surface area (Å²) in [6.07, 6.45) is 2.86. The van der Waals surface area contributed by atoms with Gasteiger partial charge in [0.15, 0.2) is 5.96 Å². The van der Waals surface area contributed by atoms with E-state index in [9.17, 15) is 9.50 Å². The smallest absolute Gasteiger partial charge is 0.193 e. The molecule has 4 nitrogen and oxygen atoms in total. The lowest BCUT2D eigenvalue weighted by molar-refractivity contribution is 0.134. The third-order valence-corrected chi connectivity index (χ3v) is 4.05. The van der Waals surface area contributed by atoms with Gasteiger partial charge in [0, 0.05) is 33.1 Å². The zero-order valence-corrected chi connectivity index (χ0v) is 12.7. The molecular formula is C16H24FN3O. The lowest BCUT2D eigenvalue weighted by atomic mass is 10.1. The van der Waals surface area contributed by atoms with Gasteiger partial charge in [-0.05, 0) is 30.5 Å². The molecule has 0 heterocycles. The summed E-state index contributed by atoms with van der Waals surface area (Å²) < 4.78 is 12.9. The molecule has 0 spiro atoms. The van der Waals surface area contributed by atoms with E-state index in [2.05, 4.69) is 10.3 Å². The van der Waals surface area contributed by atoms with E-state index in [0.717, 1.165) is 37.3 Å². The van der Waals surface area contributed by atoms with Crippen molar-refractivity contribution in [2.24, 2.45) is 10.9 Å². The average Bonchev–Trinajstić information content (AvgIpc) is 2.88. The molecule has 1 saturated carbocycles. The Hall–Kier alpha value is -1.62. The van der Waals surface area contributed by atoms with Crippen molar-refractivity contribution in [1.29, 1.82) is 0 Å². The molecule has 2 N–H and O–H groups in total. The number of guanidine groups is 1. The quantitative estimate of drug-likeness (QED) is 0.659. The number of halogens is 1. The third-order valence-electron chi connectivity index (χ3n) is 4.05. The lowest BCUT2D eigenvalue weighted by Gasteiger charge is -2.24. The monoisotopic (exact) mass is 293 g/mol. The van der Waals surface area contributed by atoms with Crippen LogP contribution in [0.1, 0.15) is 24.8 Å². The summed E-state index contributed by atoms with van der Waals surface area (Å²) in [4.78, 5) is 6.26. The molecule has 1 aliphatic carbocycles. The van der Waals surface area contributed by atoms with Crippen LogP contribution >= 0.6 is 0 Å². The predicted molar refractivity (Wildman–Crippen MR) is 82.6 cm³/mol. The SMILES string of the molecule is CN=C(NCC1CCCC1O)N(C)Cc1ccc(F)cc1. The molecule has 2 rings (SSSR count). The fourth-order valence-corrected chi connectivity index (χ4v) is 2.80. The fourth-order valence-electron chi connectivity index (χ4n) is 2.80. The Morgan fingerprint density at radius 2 is 2.10 bits per heavy atom. The number of aliphatic hydroxyl groups excluding tert-OH is 1. The third kappa shape index (κ3) is 4.43. The molecule has 116 valence electrons. The van der Waals surface area contributed by atoms with Gasteiger partial charge in [0.1, 0.15) is 5.82 Å². The van der Waals surface area contributed by atoms with Crippen LogP contribution < -0.4 is 5.32 Å². The van der Waals surface area contributed by atoms with Crippen molar-refractivity contribution in [3.63, 3.8) is 0 Å². The molecule has 0 radical (unpaired) electrons. The summed E-state index contributed by atoms with van der Waals surface area (Å²) in [7, 11) is 3.69. The number of aliphatic imine (C=N–C) groups is 1. The van der Waals surface area contributed by atoms with E-state index in [1.165, 1.54) is 12.1 Å². The van der Waals surface area contributed by atoms with Crippen LogP contribution in [0.5, 0.6) is 0 Å². The first-order valence-corrected chi connectivity index (χ1v) is 7.44. The average molecular weight is 293 g/mol. The second-order valence-electron chi connectivity index (χ2n) is 5.67. The molecule has 0 aromatic heterocycles. The number of hydrogen-bond acceptors (Lipinski definition) is 2. The molecule has 1 aromatic carbocycles. The highest BCUT2D eigenvalue weighted by atomic mass is 19.1. The van der Waals surface area contributed by atoms with Gasteiger partial charge in [-0.3, -0.25) is 4.99 Å². The van der Waals surface area contributed by atoms with E-state index in [1.54, 1.807) is 19.2 Å². The van der Waals surface area contributed by atoms with Gasteiger partial charge in [0.05, 0.1) is 6.10 Å². The first kappa shape index (κ1) is 15.8. The summed E-state index contributed by atoms with van der Waals surface area (Å²) in [5, 5.41) is 13.2. The van der Waals surface area contributed by atoms with Crippen LogP contribution in [-0.4, -0.2) is 42.7 Å². The van der Waals surface area contributed by atoms with E-state index in [1.807, 2.05) is 11.9 Å².